The molecule has 3 rings (SSSR count). The van der Waals surface area contributed by atoms with Gasteiger partial charge in [0.15, 0.2) is 0 Å². The lowest BCUT2D eigenvalue weighted by Crippen LogP contribution is -2.36. The third-order valence-corrected chi connectivity index (χ3v) is 4.89. The van der Waals surface area contributed by atoms with Crippen molar-refractivity contribution in [1.29, 1.82) is 0 Å². The number of phenolic OH excluding ortho intramolecular Hbond substituents is 2. The molecule has 0 fully saturated rings. The lowest BCUT2D eigenvalue weighted by molar-refractivity contribution is 0.250. The number of hydrogen-bond donors (Lipinski definition) is 3. The second-order valence-corrected chi connectivity index (χ2v) is 7.09. The molecule has 0 radical (unpaired) electrons. The molecule has 3 N–H and O–H groups in total. The molecule has 1 aromatic heterocycles. The summed E-state index contributed by atoms with van der Waals surface area (Å²) in [5.41, 5.74) is 3.04. The summed E-state index contributed by atoms with van der Waals surface area (Å²) >= 11 is 0. The second-order valence-electron chi connectivity index (χ2n) is 7.09. The Morgan fingerprint density at radius 3 is 2.37 bits per heavy atom. The molecule has 0 spiro atoms. The average Bonchev–Trinajstić information content (AvgIpc) is 3.09. The van der Waals surface area contributed by atoms with E-state index >= 15 is 0 Å². The van der Waals surface area contributed by atoms with Gasteiger partial charge in [0.05, 0.1) is 11.4 Å². The molecule has 0 atom stereocenters. The van der Waals surface area contributed by atoms with Crippen LogP contribution in [-0.4, -0.2) is 27.9 Å². The lowest BCUT2D eigenvalue weighted by atomic mass is 9.97. The normalized spacial score (nSPS) is 10.5. The highest BCUT2D eigenvalue weighted by atomic mass is 16.3. The van der Waals surface area contributed by atoms with Crippen molar-refractivity contribution in [1.82, 2.24) is 9.88 Å². The SMILES string of the molecule is C=C(c1cc(C(C)C)c(O)cc1O)N(C(=O)NC)c1ccc2c(ccn2C)c1.CC. The van der Waals surface area contributed by atoms with Crippen LogP contribution in [0.25, 0.3) is 16.6 Å². The molecule has 2 aromatic carbocycles. The van der Waals surface area contributed by atoms with E-state index < -0.39 is 0 Å². The molecule has 0 aliphatic rings. The fourth-order valence-electron chi connectivity index (χ4n) is 3.32. The highest BCUT2D eigenvalue weighted by Gasteiger charge is 2.23. The monoisotopic (exact) mass is 409 g/mol. The van der Waals surface area contributed by atoms with Crippen molar-refractivity contribution in [3.8, 4) is 11.5 Å². The second kappa shape index (κ2) is 9.39. The smallest absolute Gasteiger partial charge is 0.326 e. The van der Waals surface area contributed by atoms with Gasteiger partial charge in [-0.3, -0.25) is 4.90 Å². The van der Waals surface area contributed by atoms with Crippen LogP contribution in [0.4, 0.5) is 10.5 Å². The third kappa shape index (κ3) is 4.27. The Balaban J connectivity index is 0.00000155. The highest BCUT2D eigenvalue weighted by Crippen LogP contribution is 2.38. The number of fused-ring (bicyclic) bond motifs is 1. The number of nitrogens with zero attached hydrogens (tertiary/aromatic N) is 2. The van der Waals surface area contributed by atoms with E-state index in [0.29, 0.717) is 22.5 Å². The number of nitrogens with one attached hydrogen (secondary N) is 1. The van der Waals surface area contributed by atoms with E-state index in [1.807, 2.05) is 69.8 Å². The summed E-state index contributed by atoms with van der Waals surface area (Å²) in [4.78, 5) is 14.1. The highest BCUT2D eigenvalue weighted by molar-refractivity contribution is 6.06. The van der Waals surface area contributed by atoms with Crippen LogP contribution in [0.3, 0.4) is 0 Å². The molecule has 0 unspecified atom stereocenters. The first-order valence-corrected chi connectivity index (χ1v) is 10.1. The molecule has 30 heavy (non-hydrogen) atoms. The van der Waals surface area contributed by atoms with Gasteiger partial charge in [0.2, 0.25) is 0 Å². The number of carbonyl (C=O) groups is 1. The Labute approximate surface area is 178 Å². The Morgan fingerprint density at radius 1 is 1.10 bits per heavy atom. The number of anilines is 1. The Kier molecular flexibility index (Phi) is 7.16. The summed E-state index contributed by atoms with van der Waals surface area (Å²) in [5.74, 6) is -0.0795. The molecule has 0 saturated carbocycles. The van der Waals surface area contributed by atoms with Crippen molar-refractivity contribution >= 4 is 28.3 Å². The maximum Gasteiger partial charge on any atom is 0.326 e. The topological polar surface area (TPSA) is 77.7 Å². The quantitative estimate of drug-likeness (QED) is 0.528. The average molecular weight is 410 g/mol. The van der Waals surface area contributed by atoms with Gasteiger partial charge in [-0.25, -0.2) is 4.79 Å². The van der Waals surface area contributed by atoms with Crippen LogP contribution in [0.15, 0.2) is 49.2 Å². The van der Waals surface area contributed by atoms with Crippen LogP contribution in [0.5, 0.6) is 11.5 Å². The largest absolute Gasteiger partial charge is 0.508 e. The number of amides is 2. The van der Waals surface area contributed by atoms with Crippen molar-refractivity contribution in [2.45, 2.75) is 33.6 Å². The van der Waals surface area contributed by atoms with Crippen molar-refractivity contribution in [3.63, 3.8) is 0 Å². The van der Waals surface area contributed by atoms with E-state index in [4.69, 9.17) is 0 Å². The Morgan fingerprint density at radius 2 is 1.77 bits per heavy atom. The van der Waals surface area contributed by atoms with E-state index in [1.54, 1.807) is 13.1 Å². The van der Waals surface area contributed by atoms with Crippen LogP contribution in [0, 0.1) is 0 Å². The zero-order valence-electron chi connectivity index (χ0n) is 18.5. The van der Waals surface area contributed by atoms with Crippen LogP contribution in [-0.2, 0) is 7.05 Å². The van der Waals surface area contributed by atoms with Gasteiger partial charge in [0.1, 0.15) is 11.5 Å². The van der Waals surface area contributed by atoms with E-state index in [0.717, 1.165) is 10.9 Å². The molecule has 3 aromatic rings. The first kappa shape index (κ1) is 22.9. The summed E-state index contributed by atoms with van der Waals surface area (Å²) in [7, 11) is 3.50. The van der Waals surface area contributed by atoms with Gasteiger partial charge >= 0.3 is 6.03 Å². The predicted molar refractivity (Wildman–Crippen MR) is 124 cm³/mol. The van der Waals surface area contributed by atoms with Crippen molar-refractivity contribution in [2.24, 2.45) is 7.05 Å². The molecule has 6 heteroatoms. The predicted octanol–water partition coefficient (Wildman–Crippen LogP) is 5.56. The maximum atomic E-state index is 12.7. The van der Waals surface area contributed by atoms with Crippen molar-refractivity contribution in [3.05, 3.63) is 60.3 Å². The molecular formula is C24H31N3O3. The van der Waals surface area contributed by atoms with Gasteiger partial charge in [-0.2, -0.15) is 0 Å². The van der Waals surface area contributed by atoms with E-state index in [9.17, 15) is 15.0 Å². The van der Waals surface area contributed by atoms with Crippen molar-refractivity contribution in [2.75, 3.05) is 11.9 Å². The number of aryl methyl sites for hydroxylation is 1. The van der Waals surface area contributed by atoms with Gasteiger partial charge in [0, 0.05) is 42.8 Å². The number of aromatic hydroxyl groups is 2. The number of phenols is 2. The van der Waals surface area contributed by atoms with Crippen molar-refractivity contribution < 1.29 is 15.0 Å². The zero-order chi connectivity index (χ0) is 22.6. The number of benzene rings is 2. The van der Waals surface area contributed by atoms with Crippen LogP contribution < -0.4 is 10.2 Å². The number of rotatable bonds is 4. The summed E-state index contributed by atoms with van der Waals surface area (Å²) in [5, 5.41) is 24.1. The fourth-order valence-corrected chi connectivity index (χ4v) is 3.32. The Bertz CT molecular complexity index is 1070. The fraction of sp³-hybridized carbons (Fsp3) is 0.292. The minimum absolute atomic E-state index is 0.0150. The van der Waals surface area contributed by atoms with E-state index in [2.05, 4.69) is 11.9 Å². The molecule has 6 nitrogen and oxygen atoms in total. The summed E-state index contributed by atoms with van der Waals surface area (Å²) in [6, 6.07) is 10.2. The molecule has 0 aliphatic carbocycles. The first-order chi connectivity index (χ1) is 14.2. The van der Waals surface area contributed by atoms with E-state index in [-0.39, 0.29) is 23.4 Å². The number of urea groups is 1. The molecule has 0 aliphatic heterocycles. The molecule has 160 valence electrons. The van der Waals surface area contributed by atoms with Crippen LogP contribution >= 0.6 is 0 Å². The zero-order valence-corrected chi connectivity index (χ0v) is 18.5. The standard InChI is InChI=1S/C22H25N3O3.C2H6/c1-13(2)17-11-18(21(27)12-20(17)26)14(3)25(22(28)23-4)16-6-7-19-15(10-16)8-9-24(19)5;1-2/h6-13,26-27H,3H2,1-2,4-5H3,(H,23,28);1-2H3. The van der Waals surface area contributed by atoms with Gasteiger partial charge < -0.3 is 20.1 Å². The number of hydrogen-bond acceptors (Lipinski definition) is 3. The molecule has 0 saturated heterocycles. The third-order valence-electron chi connectivity index (χ3n) is 4.89. The first-order valence-electron chi connectivity index (χ1n) is 10.1. The molecule has 1 heterocycles. The van der Waals surface area contributed by atoms with Gasteiger partial charge in [-0.1, -0.05) is 34.3 Å². The molecule has 2 amide bonds. The molecular weight excluding hydrogens is 378 g/mol. The van der Waals surface area contributed by atoms with Crippen LogP contribution in [0.2, 0.25) is 0 Å². The number of carbonyl (C=O) groups excluding carboxylic acids is 1. The maximum absolute atomic E-state index is 12.7. The van der Waals surface area contributed by atoms with Gasteiger partial charge in [-0.05, 0) is 41.8 Å². The summed E-state index contributed by atoms with van der Waals surface area (Å²) < 4.78 is 2.00. The van der Waals surface area contributed by atoms with Crippen LogP contribution in [0.1, 0.15) is 44.7 Å². The van der Waals surface area contributed by atoms with E-state index in [1.165, 1.54) is 11.0 Å². The summed E-state index contributed by atoms with van der Waals surface area (Å²) in [6.45, 7) is 12.0. The lowest BCUT2D eigenvalue weighted by Gasteiger charge is -2.26. The number of aromatic nitrogens is 1. The molecule has 0 bridgehead atoms. The Hall–Kier alpha value is -3.41. The summed E-state index contributed by atoms with van der Waals surface area (Å²) in [6.07, 6.45) is 1.95. The van der Waals surface area contributed by atoms with Gasteiger partial charge in [0.25, 0.3) is 0 Å². The minimum atomic E-state index is -0.376. The van der Waals surface area contributed by atoms with Gasteiger partial charge in [-0.15, -0.1) is 0 Å². The minimum Gasteiger partial charge on any atom is -0.508 e.